The Morgan fingerprint density at radius 1 is 0.297 bits per heavy atom. The molecule has 0 atom stereocenters. The van der Waals surface area contributed by atoms with Crippen LogP contribution in [0.1, 0.15) is 0 Å². The quantitative estimate of drug-likeness (QED) is 0.118. The predicted octanol–water partition coefficient (Wildman–Crippen LogP) is 12.2. The summed E-state index contributed by atoms with van der Waals surface area (Å²) in [6.45, 7) is 0. The fourth-order valence-electron chi connectivity index (χ4n) is 10.5. The maximum atomic E-state index is 6.38. The Morgan fingerprint density at radius 3 is 1.19 bits per heavy atom. The van der Waals surface area contributed by atoms with Crippen molar-refractivity contribution >= 4 is 94.4 Å². The molecule has 0 aliphatic rings. The van der Waals surface area contributed by atoms with Crippen molar-refractivity contribution in [2.24, 2.45) is 0 Å². The van der Waals surface area contributed by atoms with Gasteiger partial charge in [0.05, 0.1) is 22.1 Å². The van der Waals surface area contributed by atoms with Gasteiger partial charge >= 0.3 is 0 Å². The topological polar surface area (TPSA) is 35.9 Å². The lowest BCUT2D eigenvalue weighted by Crippen LogP contribution is -2.74. The van der Waals surface area contributed by atoms with Crippen molar-refractivity contribution < 1.29 is 4.42 Å². The number of pyridine rings is 1. The molecule has 0 radical (unpaired) electrons. The standard InChI is InChI=1S/C59H39N3OSi/c1-3-17-42(18-4-1)64(43-19-5-2-6-20-43,45-35-36-57-51(39-45)50-25-11-16-30-56(50)63-57)44-33-31-40(32-34-44)41-37-58(61-52-26-12-7-21-46(52)47-22-8-13-27-53(47)61)60-59(38-41)62-54-28-14-9-23-48(54)49-24-10-15-29-55(49)62/h1-39H. The highest BCUT2D eigenvalue weighted by molar-refractivity contribution is 7.20. The van der Waals surface area contributed by atoms with Gasteiger partial charge in [-0.1, -0.05) is 188 Å². The fourth-order valence-corrected chi connectivity index (χ4v) is 15.2. The molecule has 4 aromatic heterocycles. The van der Waals surface area contributed by atoms with Crippen molar-refractivity contribution in [2.45, 2.75) is 0 Å². The zero-order chi connectivity index (χ0) is 42.2. The molecule has 13 rings (SSSR count). The van der Waals surface area contributed by atoms with Crippen LogP contribution in [0.15, 0.2) is 241 Å². The molecule has 0 unspecified atom stereocenters. The van der Waals surface area contributed by atoms with E-state index < -0.39 is 8.07 Å². The molecular weight excluding hydrogens is 795 g/mol. The Morgan fingerprint density at radius 2 is 0.688 bits per heavy atom. The molecule has 0 aliphatic heterocycles. The lowest BCUT2D eigenvalue weighted by Gasteiger charge is -2.34. The first-order valence-corrected chi connectivity index (χ1v) is 23.9. The number of benzene rings is 9. The Bertz CT molecular complexity index is 3620. The van der Waals surface area contributed by atoms with Crippen molar-refractivity contribution in [1.29, 1.82) is 0 Å². The summed E-state index contributed by atoms with van der Waals surface area (Å²) in [6, 6.07) is 86.2. The molecule has 0 aliphatic carbocycles. The second kappa shape index (κ2) is 14.4. The highest BCUT2D eigenvalue weighted by atomic mass is 28.3. The lowest BCUT2D eigenvalue weighted by atomic mass is 10.1. The molecule has 5 heteroatoms. The van der Waals surface area contributed by atoms with E-state index in [4.69, 9.17) is 9.40 Å². The van der Waals surface area contributed by atoms with Gasteiger partial charge in [-0.3, -0.25) is 9.13 Å². The van der Waals surface area contributed by atoms with Gasteiger partial charge in [0.15, 0.2) is 8.07 Å². The molecule has 4 nitrogen and oxygen atoms in total. The number of fused-ring (bicyclic) bond motifs is 9. The van der Waals surface area contributed by atoms with Gasteiger partial charge in [-0.05, 0) is 80.4 Å². The third-order valence-electron chi connectivity index (χ3n) is 13.3. The number of aromatic nitrogens is 3. The monoisotopic (exact) mass is 833 g/mol. The van der Waals surface area contributed by atoms with E-state index in [1.807, 2.05) is 6.07 Å². The van der Waals surface area contributed by atoms with E-state index in [9.17, 15) is 0 Å². The van der Waals surface area contributed by atoms with E-state index >= 15 is 0 Å². The number of para-hydroxylation sites is 5. The highest BCUT2D eigenvalue weighted by Gasteiger charge is 2.41. The van der Waals surface area contributed by atoms with Crippen LogP contribution in [0.3, 0.4) is 0 Å². The minimum Gasteiger partial charge on any atom is -0.456 e. The lowest BCUT2D eigenvalue weighted by molar-refractivity contribution is 0.669. The van der Waals surface area contributed by atoms with E-state index in [0.717, 1.165) is 66.8 Å². The maximum Gasteiger partial charge on any atom is 0.179 e. The molecule has 0 bridgehead atoms. The summed E-state index contributed by atoms with van der Waals surface area (Å²) in [7, 11) is -2.90. The number of rotatable bonds is 7. The molecule has 0 saturated carbocycles. The normalized spacial score (nSPS) is 12.1. The van der Waals surface area contributed by atoms with Gasteiger partial charge < -0.3 is 4.42 Å². The van der Waals surface area contributed by atoms with Gasteiger partial charge in [0.25, 0.3) is 0 Å². The first-order chi connectivity index (χ1) is 31.7. The summed E-state index contributed by atoms with van der Waals surface area (Å²) in [4.78, 5) is 5.59. The highest BCUT2D eigenvalue weighted by Crippen LogP contribution is 2.36. The van der Waals surface area contributed by atoms with Crippen molar-refractivity contribution in [1.82, 2.24) is 14.1 Å². The van der Waals surface area contributed by atoms with Gasteiger partial charge in [0, 0.05) is 32.3 Å². The third-order valence-corrected chi connectivity index (χ3v) is 18.1. The summed E-state index contributed by atoms with van der Waals surface area (Å²) in [5, 5.41) is 12.4. The summed E-state index contributed by atoms with van der Waals surface area (Å²) < 4.78 is 11.0. The Balaban J connectivity index is 1.06. The van der Waals surface area contributed by atoms with E-state index in [1.54, 1.807) is 0 Å². The van der Waals surface area contributed by atoms with Gasteiger partial charge in [-0.15, -0.1) is 0 Å². The molecule has 300 valence electrons. The van der Waals surface area contributed by atoms with Crippen LogP contribution in [0, 0.1) is 0 Å². The number of hydrogen-bond donors (Lipinski definition) is 0. The molecule has 13 aromatic rings. The Hall–Kier alpha value is -8.25. The largest absolute Gasteiger partial charge is 0.456 e. The zero-order valence-corrected chi connectivity index (χ0v) is 35.8. The van der Waals surface area contributed by atoms with Crippen molar-refractivity contribution in [3.63, 3.8) is 0 Å². The van der Waals surface area contributed by atoms with Crippen molar-refractivity contribution in [2.75, 3.05) is 0 Å². The smallest absolute Gasteiger partial charge is 0.179 e. The van der Waals surface area contributed by atoms with Crippen LogP contribution in [0.25, 0.3) is 88.3 Å². The molecule has 0 saturated heterocycles. The van der Waals surface area contributed by atoms with Crippen molar-refractivity contribution in [3.05, 3.63) is 237 Å². The fraction of sp³-hybridized carbons (Fsp3) is 0. The third kappa shape index (κ3) is 5.44. The molecule has 4 heterocycles. The van der Waals surface area contributed by atoms with Crippen LogP contribution in [-0.4, -0.2) is 22.2 Å². The van der Waals surface area contributed by atoms with Crippen LogP contribution >= 0.6 is 0 Å². The van der Waals surface area contributed by atoms with E-state index in [-0.39, 0.29) is 0 Å². The molecule has 64 heavy (non-hydrogen) atoms. The Labute approximate surface area is 370 Å². The van der Waals surface area contributed by atoms with Crippen LogP contribution < -0.4 is 20.7 Å². The van der Waals surface area contributed by atoms with Crippen LogP contribution in [0.5, 0.6) is 0 Å². The summed E-state index contributed by atoms with van der Waals surface area (Å²) in [6.07, 6.45) is 0. The summed E-state index contributed by atoms with van der Waals surface area (Å²) >= 11 is 0. The van der Waals surface area contributed by atoms with Crippen LogP contribution in [0.2, 0.25) is 0 Å². The van der Waals surface area contributed by atoms with E-state index in [1.165, 1.54) is 42.3 Å². The second-order valence-electron chi connectivity index (χ2n) is 16.7. The van der Waals surface area contributed by atoms with E-state index in [0.29, 0.717) is 0 Å². The van der Waals surface area contributed by atoms with Crippen LogP contribution in [-0.2, 0) is 0 Å². The van der Waals surface area contributed by atoms with Crippen molar-refractivity contribution in [3.8, 4) is 22.8 Å². The van der Waals surface area contributed by atoms with Gasteiger partial charge in [-0.2, -0.15) is 0 Å². The average Bonchev–Trinajstić information content (AvgIpc) is 4.03. The number of hydrogen-bond acceptors (Lipinski definition) is 2. The van der Waals surface area contributed by atoms with Crippen LogP contribution in [0.4, 0.5) is 0 Å². The average molecular weight is 834 g/mol. The zero-order valence-electron chi connectivity index (χ0n) is 34.8. The Kier molecular flexibility index (Phi) is 8.20. The predicted molar refractivity (Wildman–Crippen MR) is 269 cm³/mol. The van der Waals surface area contributed by atoms with Gasteiger partial charge in [-0.25, -0.2) is 4.98 Å². The first-order valence-electron chi connectivity index (χ1n) is 21.9. The second-order valence-corrected chi connectivity index (χ2v) is 20.5. The number of nitrogens with zero attached hydrogens (tertiary/aromatic N) is 3. The number of furan rings is 1. The minimum atomic E-state index is -2.90. The van der Waals surface area contributed by atoms with Gasteiger partial charge in [0.2, 0.25) is 0 Å². The van der Waals surface area contributed by atoms with E-state index in [2.05, 4.69) is 240 Å². The minimum absolute atomic E-state index is 0.869. The summed E-state index contributed by atoms with van der Waals surface area (Å²) in [5.41, 5.74) is 8.52. The SMILES string of the molecule is c1ccc([Si](c2ccccc2)(c2ccc(-c3cc(-n4c5ccccc5c5ccccc54)nc(-n4c5ccccc5c5ccccc54)c3)cc2)c2ccc3oc4ccccc4c3c2)cc1. The molecule has 0 amide bonds. The molecule has 9 aromatic carbocycles. The molecule has 0 fully saturated rings. The molecule has 0 N–H and O–H groups in total. The summed E-state index contributed by atoms with van der Waals surface area (Å²) in [5.74, 6) is 1.74. The van der Waals surface area contributed by atoms with Gasteiger partial charge in [0.1, 0.15) is 22.8 Å². The first kappa shape index (κ1) is 36.4. The molecule has 0 spiro atoms. The maximum absolute atomic E-state index is 6.38. The molecular formula is C59H39N3OSi.